The second-order valence-corrected chi connectivity index (χ2v) is 3.67. The van der Waals surface area contributed by atoms with Gasteiger partial charge >= 0.3 is 6.18 Å². The summed E-state index contributed by atoms with van der Waals surface area (Å²) in [4.78, 5) is 2.20. The van der Waals surface area contributed by atoms with Gasteiger partial charge in [0.25, 0.3) is 0 Å². The van der Waals surface area contributed by atoms with Gasteiger partial charge in [0.1, 0.15) is 5.69 Å². The Bertz CT molecular complexity index is 325. The Morgan fingerprint density at radius 1 is 1.43 bits per heavy atom. The first-order chi connectivity index (χ1) is 6.50. The summed E-state index contributed by atoms with van der Waals surface area (Å²) >= 11 is 0. The van der Waals surface area contributed by atoms with Crippen molar-refractivity contribution in [3.05, 3.63) is 23.5 Å². The number of rotatable bonds is 2. The lowest BCUT2D eigenvalue weighted by atomic mass is 10.0. The minimum Gasteiger partial charge on any atom is -0.357 e. The summed E-state index contributed by atoms with van der Waals surface area (Å²) in [5, 5.41) is 0. The maximum atomic E-state index is 12.4. The predicted octanol–water partition coefficient (Wildman–Crippen LogP) is 2.44. The van der Waals surface area contributed by atoms with Gasteiger partial charge in [0.05, 0.1) is 0 Å². The zero-order valence-corrected chi connectivity index (χ0v) is 7.43. The van der Waals surface area contributed by atoms with Crippen molar-refractivity contribution < 1.29 is 13.2 Å². The van der Waals surface area contributed by atoms with Gasteiger partial charge in [-0.3, -0.25) is 0 Å². The molecule has 3 N–H and O–H groups in total. The minimum atomic E-state index is -4.33. The summed E-state index contributed by atoms with van der Waals surface area (Å²) in [5.41, 5.74) is 5.22. The Hall–Kier alpha value is -0.970. The molecule has 1 aromatic rings. The van der Waals surface area contributed by atoms with Crippen LogP contribution in [-0.4, -0.2) is 4.98 Å². The van der Waals surface area contributed by atoms with Gasteiger partial charge in [-0.2, -0.15) is 13.2 Å². The Kier molecular flexibility index (Phi) is 2.06. The van der Waals surface area contributed by atoms with Crippen LogP contribution >= 0.6 is 0 Å². The highest BCUT2D eigenvalue weighted by Gasteiger charge is 2.39. The van der Waals surface area contributed by atoms with E-state index in [-0.39, 0.29) is 11.5 Å². The van der Waals surface area contributed by atoms with Crippen LogP contribution in [0, 0.1) is 5.92 Å². The van der Waals surface area contributed by atoms with Crippen LogP contribution in [0.15, 0.2) is 12.3 Å². The molecule has 0 aliphatic heterocycles. The van der Waals surface area contributed by atoms with Crippen molar-refractivity contribution in [2.75, 3.05) is 0 Å². The van der Waals surface area contributed by atoms with E-state index in [1.165, 1.54) is 12.3 Å². The zero-order chi connectivity index (χ0) is 10.3. The molecule has 1 saturated carbocycles. The highest BCUT2D eigenvalue weighted by molar-refractivity contribution is 5.28. The maximum Gasteiger partial charge on any atom is 0.431 e. The fraction of sp³-hybridized carbons (Fsp3) is 0.556. The van der Waals surface area contributed by atoms with E-state index in [4.69, 9.17) is 5.73 Å². The van der Waals surface area contributed by atoms with Gasteiger partial charge in [0.2, 0.25) is 0 Å². The van der Waals surface area contributed by atoms with E-state index in [1.807, 2.05) is 0 Å². The molecule has 1 aliphatic carbocycles. The summed E-state index contributed by atoms with van der Waals surface area (Å²) in [6.07, 6.45) is -1.17. The lowest BCUT2D eigenvalue weighted by molar-refractivity contribution is -0.141. The van der Waals surface area contributed by atoms with E-state index >= 15 is 0 Å². The molecular formula is C9H11F3N2. The molecule has 14 heavy (non-hydrogen) atoms. The monoisotopic (exact) mass is 204 g/mol. The van der Waals surface area contributed by atoms with Crippen LogP contribution in [0.3, 0.4) is 0 Å². The first kappa shape index (κ1) is 9.58. The number of halogens is 3. The lowest BCUT2D eigenvalue weighted by Crippen LogP contribution is -2.17. The molecule has 2 rings (SSSR count). The fourth-order valence-electron chi connectivity index (χ4n) is 1.61. The third kappa shape index (κ3) is 1.64. The zero-order valence-electron chi connectivity index (χ0n) is 7.43. The molecule has 1 unspecified atom stereocenters. The van der Waals surface area contributed by atoms with Gasteiger partial charge in [0, 0.05) is 12.2 Å². The normalized spacial score (nSPS) is 19.7. The summed E-state index contributed by atoms with van der Waals surface area (Å²) in [7, 11) is 0. The van der Waals surface area contributed by atoms with Crippen molar-refractivity contribution in [2.24, 2.45) is 11.7 Å². The summed E-state index contributed by atoms with van der Waals surface area (Å²) in [6, 6.07) is 0.948. The van der Waals surface area contributed by atoms with Crippen molar-refractivity contribution in [3.8, 4) is 0 Å². The lowest BCUT2D eigenvalue weighted by Gasteiger charge is -2.13. The largest absolute Gasteiger partial charge is 0.431 e. The second kappa shape index (κ2) is 3.02. The Balaban J connectivity index is 2.28. The van der Waals surface area contributed by atoms with E-state index < -0.39 is 17.9 Å². The quantitative estimate of drug-likeness (QED) is 0.763. The van der Waals surface area contributed by atoms with E-state index in [2.05, 4.69) is 4.98 Å². The predicted molar refractivity (Wildman–Crippen MR) is 45.4 cm³/mol. The average Bonchev–Trinajstić information content (AvgIpc) is 2.78. The molecule has 0 radical (unpaired) electrons. The van der Waals surface area contributed by atoms with Crippen molar-refractivity contribution in [1.29, 1.82) is 0 Å². The highest BCUT2D eigenvalue weighted by Crippen LogP contribution is 2.43. The molecule has 0 spiro atoms. The minimum absolute atomic E-state index is 0.194. The second-order valence-electron chi connectivity index (χ2n) is 3.67. The molecule has 1 aromatic heterocycles. The van der Waals surface area contributed by atoms with E-state index in [0.717, 1.165) is 12.8 Å². The van der Waals surface area contributed by atoms with Crippen LogP contribution in [-0.2, 0) is 6.18 Å². The highest BCUT2D eigenvalue weighted by atomic mass is 19.4. The summed E-state index contributed by atoms with van der Waals surface area (Å²) in [6.45, 7) is 0. The number of aromatic nitrogens is 1. The van der Waals surface area contributed by atoms with Crippen LogP contribution in [0.5, 0.6) is 0 Å². The number of nitrogens with one attached hydrogen (secondary N) is 1. The van der Waals surface area contributed by atoms with Crippen LogP contribution in [0.2, 0.25) is 0 Å². The maximum absolute atomic E-state index is 12.4. The van der Waals surface area contributed by atoms with Gasteiger partial charge < -0.3 is 10.7 Å². The van der Waals surface area contributed by atoms with Crippen LogP contribution < -0.4 is 5.73 Å². The average molecular weight is 204 g/mol. The van der Waals surface area contributed by atoms with Crippen LogP contribution in [0.25, 0.3) is 0 Å². The van der Waals surface area contributed by atoms with Crippen LogP contribution in [0.4, 0.5) is 13.2 Å². The molecule has 1 heterocycles. The number of hydrogen-bond donors (Lipinski definition) is 2. The molecule has 1 atom stereocenters. The van der Waals surface area contributed by atoms with E-state index in [0.29, 0.717) is 0 Å². The van der Waals surface area contributed by atoms with Crippen molar-refractivity contribution in [2.45, 2.75) is 25.1 Å². The molecule has 1 aliphatic rings. The molecule has 5 heteroatoms. The first-order valence-corrected chi connectivity index (χ1v) is 4.50. The fourth-order valence-corrected chi connectivity index (χ4v) is 1.61. The number of nitrogens with two attached hydrogens (primary N) is 1. The molecule has 1 fully saturated rings. The van der Waals surface area contributed by atoms with Gasteiger partial charge in [-0.25, -0.2) is 0 Å². The van der Waals surface area contributed by atoms with Crippen LogP contribution in [0.1, 0.15) is 30.1 Å². The van der Waals surface area contributed by atoms with E-state index in [1.54, 1.807) is 0 Å². The molecule has 78 valence electrons. The summed E-state index contributed by atoms with van der Waals surface area (Å²) < 4.78 is 37.3. The molecule has 0 amide bonds. The van der Waals surface area contributed by atoms with Crippen molar-refractivity contribution in [3.63, 3.8) is 0 Å². The van der Waals surface area contributed by atoms with E-state index in [9.17, 15) is 13.2 Å². The molecule has 0 bridgehead atoms. The van der Waals surface area contributed by atoms with Gasteiger partial charge in [-0.05, 0) is 30.4 Å². The molecule has 0 saturated heterocycles. The number of hydrogen-bond acceptors (Lipinski definition) is 1. The third-order valence-corrected chi connectivity index (χ3v) is 2.55. The Morgan fingerprint density at radius 2 is 2.07 bits per heavy atom. The third-order valence-electron chi connectivity index (χ3n) is 2.55. The van der Waals surface area contributed by atoms with Gasteiger partial charge in [-0.15, -0.1) is 0 Å². The van der Waals surface area contributed by atoms with Gasteiger partial charge in [0.15, 0.2) is 0 Å². The number of H-pyrrole nitrogens is 1. The number of alkyl halides is 3. The Labute approximate surface area is 79.3 Å². The number of aromatic amines is 1. The first-order valence-electron chi connectivity index (χ1n) is 4.50. The topological polar surface area (TPSA) is 41.8 Å². The smallest absolute Gasteiger partial charge is 0.357 e. The van der Waals surface area contributed by atoms with Gasteiger partial charge in [-0.1, -0.05) is 0 Å². The standard InChI is InChI=1S/C9H11F3N2/c10-9(11,12)8-6(3-4-14-8)7(13)5-1-2-5/h3-5,7,14H,1-2,13H2. The molecule has 2 nitrogen and oxygen atoms in total. The summed E-state index contributed by atoms with van der Waals surface area (Å²) in [5.74, 6) is 0.229. The molecule has 0 aromatic carbocycles. The molecular weight excluding hydrogens is 193 g/mol. The van der Waals surface area contributed by atoms with Crippen molar-refractivity contribution >= 4 is 0 Å². The SMILES string of the molecule is NC(c1cc[nH]c1C(F)(F)F)C1CC1. The Morgan fingerprint density at radius 3 is 2.57 bits per heavy atom. The van der Waals surface area contributed by atoms with Crippen molar-refractivity contribution in [1.82, 2.24) is 4.98 Å².